The molecule has 0 unspecified atom stereocenters. The molecule has 1 amide bonds. The fourth-order valence-electron chi connectivity index (χ4n) is 1.54. The fraction of sp³-hybridized carbons (Fsp3) is 0.462. The van der Waals surface area contributed by atoms with Crippen LogP contribution in [0.2, 0.25) is 0 Å². The van der Waals surface area contributed by atoms with Crippen molar-refractivity contribution in [3.05, 3.63) is 23.8 Å². The highest BCUT2D eigenvalue weighted by atomic mass is 16.5. The van der Waals surface area contributed by atoms with Gasteiger partial charge in [0, 0.05) is 19.0 Å². The predicted octanol–water partition coefficient (Wildman–Crippen LogP) is 1.09. The lowest BCUT2D eigenvalue weighted by molar-refractivity contribution is -0.120. The molecule has 0 spiro atoms. The molecule has 0 saturated carbocycles. The van der Waals surface area contributed by atoms with Gasteiger partial charge >= 0.3 is 0 Å². The normalized spacial score (nSPS) is 9.94. The van der Waals surface area contributed by atoms with E-state index in [0.717, 1.165) is 0 Å². The Labute approximate surface area is 107 Å². The summed E-state index contributed by atoms with van der Waals surface area (Å²) in [6, 6.07) is 5.34. The number of carbonyl (C=O) groups excluding carboxylic acids is 1. The van der Waals surface area contributed by atoms with Gasteiger partial charge in [-0.3, -0.25) is 4.79 Å². The van der Waals surface area contributed by atoms with Crippen LogP contribution in [0, 0.1) is 0 Å². The van der Waals surface area contributed by atoms with Crippen molar-refractivity contribution < 1.29 is 19.4 Å². The molecule has 1 rings (SSSR count). The number of methoxy groups -OCH3 is 1. The van der Waals surface area contributed by atoms with Crippen molar-refractivity contribution in [1.82, 2.24) is 5.32 Å². The minimum Gasteiger partial charge on any atom is -0.493 e. The van der Waals surface area contributed by atoms with Gasteiger partial charge in [0.2, 0.25) is 5.91 Å². The summed E-state index contributed by atoms with van der Waals surface area (Å²) in [6.45, 7) is 0.294. The van der Waals surface area contributed by atoms with E-state index in [4.69, 9.17) is 9.47 Å². The van der Waals surface area contributed by atoms with E-state index in [0.29, 0.717) is 36.5 Å². The summed E-state index contributed by atoms with van der Waals surface area (Å²) in [5, 5.41) is 11.8. The largest absolute Gasteiger partial charge is 0.493 e. The molecular weight excluding hydrogens is 234 g/mol. The molecule has 0 aliphatic carbocycles. The predicted molar refractivity (Wildman–Crippen MR) is 67.7 cm³/mol. The summed E-state index contributed by atoms with van der Waals surface area (Å²) in [7, 11) is 3.15. The lowest BCUT2D eigenvalue weighted by atomic mass is 10.2. The van der Waals surface area contributed by atoms with Crippen LogP contribution in [0.3, 0.4) is 0 Å². The molecule has 5 nitrogen and oxygen atoms in total. The van der Waals surface area contributed by atoms with E-state index in [1.54, 1.807) is 32.4 Å². The molecule has 0 radical (unpaired) electrons. The standard InChI is InChI=1S/C13H19NO4/c1-14-12(16)7-4-8-18-13-10(9-15)5-3-6-11(13)17-2/h3,5-6,15H,4,7-9H2,1-2H3,(H,14,16). The maximum absolute atomic E-state index is 11.0. The molecule has 2 N–H and O–H groups in total. The van der Waals surface area contributed by atoms with E-state index in [9.17, 15) is 9.90 Å². The summed E-state index contributed by atoms with van der Waals surface area (Å²) in [5.41, 5.74) is 0.675. The van der Waals surface area contributed by atoms with Gasteiger partial charge < -0.3 is 19.9 Å². The SMILES string of the molecule is CNC(=O)CCCOc1c(CO)cccc1OC. The molecule has 1 aromatic carbocycles. The van der Waals surface area contributed by atoms with Gasteiger partial charge in [-0.15, -0.1) is 0 Å². The van der Waals surface area contributed by atoms with Gasteiger partial charge in [0.05, 0.1) is 20.3 Å². The van der Waals surface area contributed by atoms with E-state index in [1.165, 1.54) is 0 Å². The van der Waals surface area contributed by atoms with Gasteiger partial charge in [-0.2, -0.15) is 0 Å². The third kappa shape index (κ3) is 3.92. The van der Waals surface area contributed by atoms with E-state index >= 15 is 0 Å². The Balaban J connectivity index is 2.57. The topological polar surface area (TPSA) is 67.8 Å². The molecule has 0 bridgehead atoms. The Hall–Kier alpha value is -1.75. The van der Waals surface area contributed by atoms with Crippen LogP contribution in [0.4, 0.5) is 0 Å². The number of aliphatic hydroxyl groups excluding tert-OH is 1. The minimum absolute atomic E-state index is 0.0130. The molecule has 0 heterocycles. The van der Waals surface area contributed by atoms with E-state index < -0.39 is 0 Å². The number of hydrogen-bond acceptors (Lipinski definition) is 4. The number of para-hydroxylation sites is 1. The summed E-state index contributed by atoms with van der Waals surface area (Å²) < 4.78 is 10.8. The molecule has 0 saturated heterocycles. The average Bonchev–Trinajstić information content (AvgIpc) is 2.42. The molecule has 0 atom stereocenters. The van der Waals surface area contributed by atoms with Crippen molar-refractivity contribution in [1.29, 1.82) is 0 Å². The van der Waals surface area contributed by atoms with Gasteiger partial charge in [-0.1, -0.05) is 12.1 Å². The number of carbonyl (C=O) groups is 1. The van der Waals surface area contributed by atoms with Crippen molar-refractivity contribution >= 4 is 5.91 Å². The van der Waals surface area contributed by atoms with Crippen molar-refractivity contribution in [2.24, 2.45) is 0 Å². The average molecular weight is 253 g/mol. The van der Waals surface area contributed by atoms with E-state index in [2.05, 4.69) is 5.32 Å². The summed E-state index contributed by atoms with van der Waals surface area (Å²) >= 11 is 0. The first kappa shape index (κ1) is 14.3. The molecular formula is C13H19NO4. The lowest BCUT2D eigenvalue weighted by Crippen LogP contribution is -2.18. The van der Waals surface area contributed by atoms with Crippen LogP contribution in [-0.4, -0.2) is 31.8 Å². The molecule has 0 aromatic heterocycles. The highest BCUT2D eigenvalue weighted by Crippen LogP contribution is 2.31. The molecule has 1 aromatic rings. The molecule has 0 fully saturated rings. The zero-order valence-electron chi connectivity index (χ0n) is 10.7. The summed E-state index contributed by atoms with van der Waals surface area (Å²) in [5.74, 6) is 1.11. The number of amides is 1. The Bertz CT molecular complexity index is 370. The van der Waals surface area contributed by atoms with E-state index in [-0.39, 0.29) is 12.5 Å². The number of rotatable bonds is 7. The fourth-order valence-corrected chi connectivity index (χ4v) is 1.54. The number of nitrogens with one attached hydrogen (secondary N) is 1. The second kappa shape index (κ2) is 7.55. The van der Waals surface area contributed by atoms with Gasteiger partial charge in [-0.25, -0.2) is 0 Å². The van der Waals surface area contributed by atoms with Gasteiger partial charge in [-0.05, 0) is 12.5 Å². The zero-order chi connectivity index (χ0) is 13.4. The minimum atomic E-state index is -0.109. The van der Waals surface area contributed by atoms with Crippen LogP contribution in [0.25, 0.3) is 0 Å². The third-order valence-corrected chi connectivity index (χ3v) is 2.52. The van der Waals surface area contributed by atoms with E-state index in [1.807, 2.05) is 0 Å². The smallest absolute Gasteiger partial charge is 0.219 e. The first-order valence-electron chi connectivity index (χ1n) is 5.83. The molecule has 100 valence electrons. The molecule has 0 aliphatic rings. The maximum atomic E-state index is 11.0. The zero-order valence-corrected chi connectivity index (χ0v) is 10.7. The monoisotopic (exact) mass is 253 g/mol. The van der Waals surface area contributed by atoms with Gasteiger partial charge in [0.1, 0.15) is 0 Å². The first-order valence-corrected chi connectivity index (χ1v) is 5.83. The van der Waals surface area contributed by atoms with Gasteiger partial charge in [0.25, 0.3) is 0 Å². The van der Waals surface area contributed by atoms with Crippen LogP contribution in [-0.2, 0) is 11.4 Å². The second-order valence-corrected chi connectivity index (χ2v) is 3.73. The molecule has 18 heavy (non-hydrogen) atoms. The number of hydrogen-bond donors (Lipinski definition) is 2. The van der Waals surface area contributed by atoms with Crippen LogP contribution < -0.4 is 14.8 Å². The number of aliphatic hydroxyl groups is 1. The van der Waals surface area contributed by atoms with Crippen molar-refractivity contribution in [3.8, 4) is 11.5 Å². The Morgan fingerprint density at radius 1 is 1.44 bits per heavy atom. The Morgan fingerprint density at radius 2 is 2.22 bits per heavy atom. The number of ether oxygens (including phenoxy) is 2. The maximum Gasteiger partial charge on any atom is 0.219 e. The Kier molecular flexibility index (Phi) is 6.00. The highest BCUT2D eigenvalue weighted by molar-refractivity contribution is 5.75. The van der Waals surface area contributed by atoms with Crippen LogP contribution in [0.15, 0.2) is 18.2 Å². The first-order chi connectivity index (χ1) is 8.72. The highest BCUT2D eigenvalue weighted by Gasteiger charge is 2.09. The Morgan fingerprint density at radius 3 is 2.83 bits per heavy atom. The lowest BCUT2D eigenvalue weighted by Gasteiger charge is -2.13. The van der Waals surface area contributed by atoms with Crippen LogP contribution in [0.5, 0.6) is 11.5 Å². The molecule has 0 aliphatic heterocycles. The van der Waals surface area contributed by atoms with Crippen molar-refractivity contribution in [2.75, 3.05) is 20.8 Å². The van der Waals surface area contributed by atoms with Crippen molar-refractivity contribution in [2.45, 2.75) is 19.4 Å². The molecule has 5 heteroatoms. The quantitative estimate of drug-likeness (QED) is 0.714. The summed E-state index contributed by atoms with van der Waals surface area (Å²) in [6.07, 6.45) is 1.03. The third-order valence-electron chi connectivity index (χ3n) is 2.52. The van der Waals surface area contributed by atoms with Gasteiger partial charge in [0.15, 0.2) is 11.5 Å². The van der Waals surface area contributed by atoms with Crippen molar-refractivity contribution in [3.63, 3.8) is 0 Å². The van der Waals surface area contributed by atoms with Crippen LogP contribution in [0.1, 0.15) is 18.4 Å². The number of benzene rings is 1. The second-order valence-electron chi connectivity index (χ2n) is 3.73. The summed E-state index contributed by atoms with van der Waals surface area (Å²) in [4.78, 5) is 11.0. The van der Waals surface area contributed by atoms with Crippen LogP contribution >= 0.6 is 0 Å².